The Morgan fingerprint density at radius 3 is 2.27 bits per heavy atom. The zero-order valence-corrected chi connectivity index (χ0v) is 15.9. The van der Waals surface area contributed by atoms with Gasteiger partial charge in [-0.05, 0) is 42.0 Å². The van der Waals surface area contributed by atoms with Crippen molar-refractivity contribution in [3.05, 3.63) is 111 Å². The first kappa shape index (κ1) is 19.3. The zero-order chi connectivity index (χ0) is 21.1. The molecule has 0 saturated carbocycles. The van der Waals surface area contributed by atoms with Gasteiger partial charge in [0.05, 0.1) is 16.6 Å². The second kappa shape index (κ2) is 8.16. The lowest BCUT2D eigenvalue weighted by Gasteiger charge is -2.14. The number of hydrogen-bond acceptors (Lipinski definition) is 3. The topological polar surface area (TPSA) is 73.1 Å². The second-order valence-electron chi connectivity index (χ2n) is 6.77. The van der Waals surface area contributed by atoms with Crippen LogP contribution in [-0.4, -0.2) is 15.0 Å². The Morgan fingerprint density at radius 2 is 1.53 bits per heavy atom. The number of nitrogens with zero attached hydrogens (tertiary/aromatic N) is 2. The average Bonchev–Trinajstić information content (AvgIpc) is 2.77. The van der Waals surface area contributed by atoms with Gasteiger partial charge in [0.1, 0.15) is 12.4 Å². The summed E-state index contributed by atoms with van der Waals surface area (Å²) < 4.78 is 15.5. The quantitative estimate of drug-likeness (QED) is 0.557. The van der Waals surface area contributed by atoms with Gasteiger partial charge in [-0.25, -0.2) is 13.8 Å². The highest BCUT2D eigenvalue weighted by atomic mass is 19.1. The Hall–Kier alpha value is -4.00. The lowest BCUT2D eigenvalue weighted by Crippen LogP contribution is -2.41. The molecule has 7 heteroatoms. The van der Waals surface area contributed by atoms with Gasteiger partial charge in [0.15, 0.2) is 0 Å². The van der Waals surface area contributed by atoms with E-state index in [1.807, 2.05) is 30.3 Å². The molecule has 0 unspecified atom stereocenters. The number of amides is 1. The second-order valence-corrected chi connectivity index (χ2v) is 6.77. The third-order valence-electron chi connectivity index (χ3n) is 4.77. The molecule has 3 aromatic carbocycles. The largest absolute Gasteiger partial charge is 0.350 e. The predicted molar refractivity (Wildman–Crippen MR) is 112 cm³/mol. The fourth-order valence-corrected chi connectivity index (χ4v) is 3.29. The minimum absolute atomic E-state index is 0.232. The Balaban J connectivity index is 1.75. The van der Waals surface area contributed by atoms with Crippen molar-refractivity contribution >= 4 is 16.8 Å². The third kappa shape index (κ3) is 3.77. The molecule has 0 aliphatic heterocycles. The summed E-state index contributed by atoms with van der Waals surface area (Å²) in [6.07, 6.45) is 0. The highest BCUT2D eigenvalue weighted by Crippen LogP contribution is 2.11. The Labute approximate surface area is 170 Å². The Kier molecular flexibility index (Phi) is 5.26. The summed E-state index contributed by atoms with van der Waals surface area (Å²) in [4.78, 5) is 38.6. The van der Waals surface area contributed by atoms with Crippen molar-refractivity contribution in [2.24, 2.45) is 0 Å². The highest BCUT2D eigenvalue weighted by Gasteiger charge is 2.16. The van der Waals surface area contributed by atoms with Crippen LogP contribution in [0.5, 0.6) is 0 Å². The molecule has 1 aromatic heterocycles. The van der Waals surface area contributed by atoms with Crippen LogP contribution < -0.4 is 16.6 Å². The van der Waals surface area contributed by atoms with Gasteiger partial charge in [-0.3, -0.25) is 14.2 Å². The van der Waals surface area contributed by atoms with Crippen LogP contribution in [-0.2, 0) is 17.9 Å². The van der Waals surface area contributed by atoms with E-state index in [9.17, 15) is 18.8 Å². The van der Waals surface area contributed by atoms with Gasteiger partial charge < -0.3 is 5.32 Å². The number of carbonyl (C=O) groups is 1. The van der Waals surface area contributed by atoms with Crippen LogP contribution >= 0.6 is 0 Å². The molecule has 6 nitrogen and oxygen atoms in total. The number of halogens is 1. The van der Waals surface area contributed by atoms with Crippen molar-refractivity contribution in [1.29, 1.82) is 0 Å². The van der Waals surface area contributed by atoms with E-state index >= 15 is 0 Å². The van der Waals surface area contributed by atoms with Gasteiger partial charge in [-0.15, -0.1) is 0 Å². The van der Waals surface area contributed by atoms with E-state index in [0.717, 1.165) is 10.1 Å². The molecule has 30 heavy (non-hydrogen) atoms. The number of aromatic nitrogens is 2. The van der Waals surface area contributed by atoms with Crippen molar-refractivity contribution in [2.45, 2.75) is 13.1 Å². The Bertz CT molecular complexity index is 1330. The SMILES string of the molecule is O=C(Cn1c(=O)n(-c2ccc(F)cc2)c(=O)c2ccccc21)NCc1ccccc1. The number of nitrogens with one attached hydrogen (secondary N) is 1. The number of fused-ring (bicyclic) bond motifs is 1. The lowest BCUT2D eigenvalue weighted by molar-refractivity contribution is -0.121. The van der Waals surface area contributed by atoms with E-state index in [2.05, 4.69) is 5.32 Å². The molecular weight excluding hydrogens is 385 g/mol. The maximum Gasteiger partial charge on any atom is 0.336 e. The number of hydrogen-bond donors (Lipinski definition) is 1. The van der Waals surface area contributed by atoms with Crippen LogP contribution in [0.25, 0.3) is 16.6 Å². The molecule has 1 N–H and O–H groups in total. The third-order valence-corrected chi connectivity index (χ3v) is 4.77. The molecule has 0 bridgehead atoms. The molecular formula is C23H18FN3O3. The Morgan fingerprint density at radius 1 is 0.867 bits per heavy atom. The van der Waals surface area contributed by atoms with Gasteiger partial charge in [-0.1, -0.05) is 42.5 Å². The van der Waals surface area contributed by atoms with Crippen LogP contribution in [0.15, 0.2) is 88.5 Å². The molecule has 0 fully saturated rings. The molecule has 0 atom stereocenters. The fourth-order valence-electron chi connectivity index (χ4n) is 3.29. The first-order chi connectivity index (χ1) is 14.5. The minimum atomic E-state index is -0.667. The van der Waals surface area contributed by atoms with Crippen LogP contribution in [0, 0.1) is 5.82 Å². The lowest BCUT2D eigenvalue weighted by atomic mass is 10.2. The smallest absolute Gasteiger partial charge is 0.336 e. The molecule has 4 aromatic rings. The van der Waals surface area contributed by atoms with E-state index < -0.39 is 17.1 Å². The van der Waals surface area contributed by atoms with Gasteiger partial charge in [0, 0.05) is 6.54 Å². The van der Waals surface area contributed by atoms with Crippen LogP contribution in [0.2, 0.25) is 0 Å². The average molecular weight is 403 g/mol. The van der Waals surface area contributed by atoms with Gasteiger partial charge >= 0.3 is 5.69 Å². The number of carbonyl (C=O) groups excluding carboxylic acids is 1. The molecule has 1 amide bonds. The van der Waals surface area contributed by atoms with Crippen molar-refractivity contribution in [1.82, 2.24) is 14.5 Å². The van der Waals surface area contributed by atoms with Gasteiger partial charge in [0.2, 0.25) is 5.91 Å². The highest BCUT2D eigenvalue weighted by molar-refractivity contribution is 5.81. The molecule has 0 aliphatic carbocycles. The van der Waals surface area contributed by atoms with Crippen molar-refractivity contribution in [2.75, 3.05) is 0 Å². The molecule has 0 spiro atoms. The monoisotopic (exact) mass is 403 g/mol. The summed E-state index contributed by atoms with van der Waals surface area (Å²) in [6, 6.07) is 21.1. The molecule has 4 rings (SSSR count). The predicted octanol–water partition coefficient (Wildman–Crippen LogP) is 2.61. The molecule has 0 saturated heterocycles. The van der Waals surface area contributed by atoms with E-state index in [0.29, 0.717) is 12.1 Å². The van der Waals surface area contributed by atoms with Gasteiger partial charge in [0.25, 0.3) is 5.56 Å². The minimum Gasteiger partial charge on any atom is -0.350 e. The first-order valence-corrected chi connectivity index (χ1v) is 9.36. The van der Waals surface area contributed by atoms with Crippen LogP contribution in [0.1, 0.15) is 5.56 Å². The number of para-hydroxylation sites is 1. The fraction of sp³-hybridized carbons (Fsp3) is 0.0870. The van der Waals surface area contributed by atoms with Gasteiger partial charge in [-0.2, -0.15) is 0 Å². The van der Waals surface area contributed by atoms with Crippen LogP contribution in [0.4, 0.5) is 4.39 Å². The molecule has 150 valence electrons. The van der Waals surface area contributed by atoms with Crippen LogP contribution in [0.3, 0.4) is 0 Å². The molecule has 1 heterocycles. The summed E-state index contributed by atoms with van der Waals surface area (Å²) >= 11 is 0. The molecule has 0 aliphatic rings. The van der Waals surface area contributed by atoms with E-state index in [-0.39, 0.29) is 23.5 Å². The van der Waals surface area contributed by atoms with Crippen molar-refractivity contribution in [3.8, 4) is 5.69 Å². The summed E-state index contributed by atoms with van der Waals surface area (Å²) in [6.45, 7) is 0.0671. The normalized spacial score (nSPS) is 10.8. The summed E-state index contributed by atoms with van der Waals surface area (Å²) in [5.41, 5.74) is 0.332. The van der Waals surface area contributed by atoms with E-state index in [4.69, 9.17) is 0 Å². The number of rotatable bonds is 5. The maximum atomic E-state index is 13.3. The summed E-state index contributed by atoms with van der Waals surface area (Å²) in [5, 5.41) is 3.07. The zero-order valence-electron chi connectivity index (χ0n) is 15.9. The summed E-state index contributed by atoms with van der Waals surface area (Å²) in [7, 11) is 0. The summed E-state index contributed by atoms with van der Waals surface area (Å²) in [5.74, 6) is -0.844. The van der Waals surface area contributed by atoms with Crippen molar-refractivity contribution < 1.29 is 9.18 Å². The maximum absolute atomic E-state index is 13.3. The van der Waals surface area contributed by atoms with E-state index in [1.54, 1.807) is 24.3 Å². The van der Waals surface area contributed by atoms with E-state index in [1.165, 1.54) is 28.8 Å². The van der Waals surface area contributed by atoms with Crippen molar-refractivity contribution in [3.63, 3.8) is 0 Å². The first-order valence-electron chi connectivity index (χ1n) is 9.36. The number of benzene rings is 3. The standard InChI is InChI=1S/C23H18FN3O3/c24-17-10-12-18(13-11-17)27-22(29)19-8-4-5-9-20(19)26(23(27)30)15-21(28)25-14-16-6-2-1-3-7-16/h1-13H,14-15H2,(H,25,28). The molecule has 0 radical (unpaired) electrons.